The highest BCUT2D eigenvalue weighted by molar-refractivity contribution is 5.48. The molecule has 0 heterocycles. The Hall–Kier alpha value is -2.61. The van der Waals surface area contributed by atoms with Gasteiger partial charge >= 0.3 is 0 Å². The molecule has 0 amide bonds. The Morgan fingerprint density at radius 3 is 1.67 bits per heavy atom. The average molecular weight is 277 g/mol. The molecule has 21 heavy (non-hydrogen) atoms. The third-order valence-electron chi connectivity index (χ3n) is 3.62. The Morgan fingerprint density at radius 1 is 0.667 bits per heavy atom. The maximum Gasteiger partial charge on any atom is 0.146 e. The molecule has 0 unspecified atom stereocenters. The van der Waals surface area contributed by atoms with Gasteiger partial charge in [0.1, 0.15) is 5.82 Å². The van der Waals surface area contributed by atoms with Crippen molar-refractivity contribution in [2.24, 2.45) is 0 Å². The zero-order chi connectivity index (χ0) is 14.7. The number of rotatable bonds is 3. The standard InChI is InChI=1S/C19H16FN/c20-17-13-16(11-12-18(17)21)19(14-7-3-1-4-8-14)15-9-5-2-6-10-15/h1-13,19H,21H2. The number of hydrogen-bond acceptors (Lipinski definition) is 1. The van der Waals surface area contributed by atoms with Gasteiger partial charge in [-0.25, -0.2) is 4.39 Å². The zero-order valence-electron chi connectivity index (χ0n) is 11.5. The van der Waals surface area contributed by atoms with E-state index in [1.54, 1.807) is 6.07 Å². The van der Waals surface area contributed by atoms with E-state index in [4.69, 9.17) is 5.73 Å². The molecule has 2 N–H and O–H groups in total. The number of benzene rings is 3. The molecule has 2 heteroatoms. The second-order valence-electron chi connectivity index (χ2n) is 5.04. The fourth-order valence-corrected chi connectivity index (χ4v) is 2.59. The minimum Gasteiger partial charge on any atom is -0.396 e. The molecule has 0 saturated heterocycles. The Balaban J connectivity index is 2.14. The van der Waals surface area contributed by atoms with E-state index >= 15 is 0 Å². The van der Waals surface area contributed by atoms with Crippen LogP contribution in [0, 0.1) is 5.82 Å². The van der Waals surface area contributed by atoms with Gasteiger partial charge in [-0.2, -0.15) is 0 Å². The Labute approximate surface area is 123 Å². The highest BCUT2D eigenvalue weighted by Crippen LogP contribution is 2.32. The quantitative estimate of drug-likeness (QED) is 0.550. The molecule has 0 fully saturated rings. The molecule has 104 valence electrons. The second kappa shape index (κ2) is 5.80. The van der Waals surface area contributed by atoms with E-state index in [0.717, 1.165) is 16.7 Å². The van der Waals surface area contributed by atoms with E-state index in [0.29, 0.717) is 0 Å². The predicted molar refractivity (Wildman–Crippen MR) is 84.6 cm³/mol. The number of nitrogen functional groups attached to an aromatic ring is 1. The normalized spacial score (nSPS) is 10.8. The third kappa shape index (κ3) is 2.79. The molecule has 0 atom stereocenters. The van der Waals surface area contributed by atoms with Crippen molar-refractivity contribution in [3.63, 3.8) is 0 Å². The van der Waals surface area contributed by atoms with Gasteiger partial charge in [0.15, 0.2) is 0 Å². The summed E-state index contributed by atoms with van der Waals surface area (Å²) >= 11 is 0. The lowest BCUT2D eigenvalue weighted by Crippen LogP contribution is -2.04. The van der Waals surface area contributed by atoms with Crippen molar-refractivity contribution in [1.82, 2.24) is 0 Å². The minimum atomic E-state index is -0.371. The van der Waals surface area contributed by atoms with Gasteiger partial charge in [0, 0.05) is 5.92 Å². The highest BCUT2D eigenvalue weighted by Gasteiger charge is 2.17. The van der Waals surface area contributed by atoms with E-state index in [9.17, 15) is 4.39 Å². The van der Waals surface area contributed by atoms with E-state index in [2.05, 4.69) is 24.3 Å². The SMILES string of the molecule is Nc1ccc(C(c2ccccc2)c2ccccc2)cc1F. The van der Waals surface area contributed by atoms with Crippen LogP contribution in [0.1, 0.15) is 22.6 Å². The fraction of sp³-hybridized carbons (Fsp3) is 0.0526. The molecule has 1 nitrogen and oxygen atoms in total. The minimum absolute atomic E-state index is 0.00231. The first-order chi connectivity index (χ1) is 10.3. The fourth-order valence-electron chi connectivity index (χ4n) is 2.59. The van der Waals surface area contributed by atoms with Gasteiger partial charge in [0.2, 0.25) is 0 Å². The van der Waals surface area contributed by atoms with Crippen molar-refractivity contribution in [2.45, 2.75) is 5.92 Å². The van der Waals surface area contributed by atoms with Crippen LogP contribution in [0.3, 0.4) is 0 Å². The van der Waals surface area contributed by atoms with Crippen molar-refractivity contribution in [3.05, 3.63) is 101 Å². The first-order valence-corrected chi connectivity index (χ1v) is 6.90. The second-order valence-corrected chi connectivity index (χ2v) is 5.04. The predicted octanol–water partition coefficient (Wildman–Crippen LogP) is 4.59. The molecule has 0 bridgehead atoms. The Kier molecular flexibility index (Phi) is 3.69. The van der Waals surface area contributed by atoms with Crippen LogP contribution in [0.5, 0.6) is 0 Å². The summed E-state index contributed by atoms with van der Waals surface area (Å²) in [5.74, 6) is -0.369. The third-order valence-corrected chi connectivity index (χ3v) is 3.62. The van der Waals surface area contributed by atoms with Gasteiger partial charge < -0.3 is 5.73 Å². The Bertz CT molecular complexity index is 684. The summed E-state index contributed by atoms with van der Waals surface area (Å²) in [4.78, 5) is 0. The summed E-state index contributed by atoms with van der Waals surface area (Å²) in [5.41, 5.74) is 8.94. The maximum atomic E-state index is 13.8. The van der Waals surface area contributed by atoms with Crippen molar-refractivity contribution in [2.75, 3.05) is 5.73 Å². The first-order valence-electron chi connectivity index (χ1n) is 6.90. The maximum absolute atomic E-state index is 13.8. The van der Waals surface area contributed by atoms with E-state index in [1.807, 2.05) is 42.5 Å². The molecule has 0 aliphatic heterocycles. The Morgan fingerprint density at radius 2 is 1.19 bits per heavy atom. The molecule has 3 rings (SSSR count). The number of hydrogen-bond donors (Lipinski definition) is 1. The molecule has 0 saturated carbocycles. The lowest BCUT2D eigenvalue weighted by molar-refractivity contribution is 0.629. The summed E-state index contributed by atoms with van der Waals surface area (Å²) in [6, 6.07) is 25.3. The van der Waals surface area contributed by atoms with Gasteiger partial charge in [-0.1, -0.05) is 66.7 Å². The van der Waals surface area contributed by atoms with Gasteiger partial charge in [-0.15, -0.1) is 0 Å². The molecular weight excluding hydrogens is 261 g/mol. The summed E-state index contributed by atoms with van der Waals surface area (Å²) in [6.45, 7) is 0. The van der Waals surface area contributed by atoms with E-state index < -0.39 is 0 Å². The van der Waals surface area contributed by atoms with Crippen molar-refractivity contribution >= 4 is 5.69 Å². The van der Waals surface area contributed by atoms with Gasteiger partial charge in [-0.05, 0) is 28.8 Å². The van der Waals surface area contributed by atoms with Crippen LogP contribution in [0.4, 0.5) is 10.1 Å². The van der Waals surface area contributed by atoms with Crippen LogP contribution in [0.25, 0.3) is 0 Å². The van der Waals surface area contributed by atoms with Crippen LogP contribution >= 0.6 is 0 Å². The smallest absolute Gasteiger partial charge is 0.146 e. The summed E-state index contributed by atoms with van der Waals surface area (Å²) in [5, 5.41) is 0. The number of halogens is 1. The molecule has 0 aromatic heterocycles. The lowest BCUT2D eigenvalue weighted by atomic mass is 9.85. The van der Waals surface area contributed by atoms with Crippen molar-refractivity contribution < 1.29 is 4.39 Å². The molecule has 3 aromatic carbocycles. The topological polar surface area (TPSA) is 26.0 Å². The molecule has 0 radical (unpaired) electrons. The van der Waals surface area contributed by atoms with Crippen LogP contribution in [0.15, 0.2) is 78.9 Å². The molecule has 0 spiro atoms. The van der Waals surface area contributed by atoms with Crippen molar-refractivity contribution in [1.29, 1.82) is 0 Å². The monoisotopic (exact) mass is 277 g/mol. The molecule has 3 aromatic rings. The van der Waals surface area contributed by atoms with E-state index in [-0.39, 0.29) is 17.4 Å². The molecular formula is C19H16FN. The molecule has 0 aliphatic rings. The van der Waals surface area contributed by atoms with Crippen LogP contribution in [0.2, 0.25) is 0 Å². The average Bonchev–Trinajstić information content (AvgIpc) is 2.53. The zero-order valence-corrected chi connectivity index (χ0v) is 11.5. The summed E-state index contributed by atoms with van der Waals surface area (Å²) in [6.07, 6.45) is 0. The van der Waals surface area contributed by atoms with E-state index in [1.165, 1.54) is 6.07 Å². The first kappa shape index (κ1) is 13.4. The van der Waals surface area contributed by atoms with Gasteiger partial charge in [0.25, 0.3) is 0 Å². The summed E-state index contributed by atoms with van der Waals surface area (Å²) < 4.78 is 13.8. The number of nitrogens with two attached hydrogens (primary N) is 1. The largest absolute Gasteiger partial charge is 0.396 e. The van der Waals surface area contributed by atoms with Crippen LogP contribution in [-0.2, 0) is 0 Å². The lowest BCUT2D eigenvalue weighted by Gasteiger charge is -2.19. The highest BCUT2D eigenvalue weighted by atomic mass is 19.1. The van der Waals surface area contributed by atoms with Gasteiger partial charge in [-0.3, -0.25) is 0 Å². The van der Waals surface area contributed by atoms with Crippen LogP contribution in [-0.4, -0.2) is 0 Å². The van der Waals surface area contributed by atoms with Crippen LogP contribution < -0.4 is 5.73 Å². The van der Waals surface area contributed by atoms with Crippen molar-refractivity contribution in [3.8, 4) is 0 Å². The van der Waals surface area contributed by atoms with Gasteiger partial charge in [0.05, 0.1) is 5.69 Å². The number of anilines is 1. The summed E-state index contributed by atoms with van der Waals surface area (Å²) in [7, 11) is 0. The molecule has 0 aliphatic carbocycles.